The maximum atomic E-state index is 8.97. The molecule has 0 radical (unpaired) electrons. The fourth-order valence-electron chi connectivity index (χ4n) is 2.21. The van der Waals surface area contributed by atoms with Crippen LogP contribution in [0, 0.1) is 16.7 Å². The van der Waals surface area contributed by atoms with Gasteiger partial charge in [-0.15, -0.1) is 0 Å². The van der Waals surface area contributed by atoms with E-state index >= 15 is 0 Å². The molecule has 17 heavy (non-hydrogen) atoms. The Labute approximate surface area is 104 Å². The fraction of sp³-hybridized carbons (Fsp3) is 0.533. The average molecular weight is 228 g/mol. The van der Waals surface area contributed by atoms with Gasteiger partial charge < -0.3 is 5.32 Å². The molecule has 2 nitrogen and oxygen atoms in total. The van der Waals surface area contributed by atoms with Gasteiger partial charge in [-0.2, -0.15) is 5.26 Å². The molecule has 0 heterocycles. The van der Waals surface area contributed by atoms with Gasteiger partial charge in [0.25, 0.3) is 0 Å². The summed E-state index contributed by atoms with van der Waals surface area (Å²) in [4.78, 5) is 0. The van der Waals surface area contributed by atoms with E-state index in [1.54, 1.807) is 0 Å². The highest BCUT2D eigenvalue weighted by Crippen LogP contribution is 2.25. The minimum absolute atomic E-state index is 0.310. The molecular weight excluding hydrogens is 208 g/mol. The van der Waals surface area contributed by atoms with Crippen molar-refractivity contribution in [1.82, 2.24) is 0 Å². The van der Waals surface area contributed by atoms with Gasteiger partial charge in [0, 0.05) is 12.2 Å². The normalized spacial score (nSPS) is 14.9. The summed E-state index contributed by atoms with van der Waals surface area (Å²) in [5.41, 5.74) is 3.82. The second-order valence-corrected chi connectivity index (χ2v) is 5.54. The second-order valence-electron chi connectivity index (χ2n) is 5.54. The van der Waals surface area contributed by atoms with E-state index in [2.05, 4.69) is 29.6 Å². The third-order valence-corrected chi connectivity index (χ3v) is 3.39. The number of nitriles is 1. The zero-order valence-corrected chi connectivity index (χ0v) is 10.7. The predicted octanol–water partition coefficient (Wildman–Crippen LogP) is 3.53. The van der Waals surface area contributed by atoms with Gasteiger partial charge in [0.1, 0.15) is 0 Å². The van der Waals surface area contributed by atoms with Crippen LogP contribution in [-0.2, 0) is 12.8 Å². The van der Waals surface area contributed by atoms with Crippen LogP contribution in [0.3, 0.4) is 0 Å². The van der Waals surface area contributed by atoms with E-state index in [9.17, 15) is 0 Å². The Hall–Kier alpha value is -1.49. The number of rotatable bonds is 3. The summed E-state index contributed by atoms with van der Waals surface area (Å²) in [6.45, 7) is 4.61. The van der Waals surface area contributed by atoms with Crippen LogP contribution in [0.25, 0.3) is 0 Å². The van der Waals surface area contributed by atoms with Crippen LogP contribution in [-0.4, -0.2) is 6.54 Å². The SMILES string of the molecule is CC(C)(C#N)CNc1ccc2c(c1)CCCC2. The van der Waals surface area contributed by atoms with Crippen molar-refractivity contribution in [2.45, 2.75) is 39.5 Å². The average Bonchev–Trinajstić information content (AvgIpc) is 2.36. The van der Waals surface area contributed by atoms with Gasteiger partial charge in [0.15, 0.2) is 0 Å². The number of aryl methyl sites for hydroxylation is 2. The number of nitrogens with zero attached hydrogens (tertiary/aromatic N) is 1. The summed E-state index contributed by atoms with van der Waals surface area (Å²) in [5.74, 6) is 0. The first-order valence-corrected chi connectivity index (χ1v) is 6.38. The molecule has 1 N–H and O–H groups in total. The van der Waals surface area contributed by atoms with Gasteiger partial charge in [0.05, 0.1) is 11.5 Å². The van der Waals surface area contributed by atoms with E-state index in [1.807, 2.05) is 13.8 Å². The van der Waals surface area contributed by atoms with Crippen LogP contribution < -0.4 is 5.32 Å². The number of hydrogen-bond donors (Lipinski definition) is 1. The molecule has 0 atom stereocenters. The molecule has 0 saturated carbocycles. The molecule has 0 fully saturated rings. The molecule has 2 heteroatoms. The topological polar surface area (TPSA) is 35.8 Å². The second kappa shape index (κ2) is 4.79. The van der Waals surface area contributed by atoms with Gasteiger partial charge in [-0.05, 0) is 62.8 Å². The van der Waals surface area contributed by atoms with Crippen LogP contribution in [0.1, 0.15) is 37.8 Å². The van der Waals surface area contributed by atoms with Gasteiger partial charge in [-0.25, -0.2) is 0 Å². The molecule has 1 aliphatic carbocycles. The molecule has 0 bridgehead atoms. The van der Waals surface area contributed by atoms with E-state index in [0.717, 1.165) is 5.69 Å². The van der Waals surface area contributed by atoms with E-state index in [0.29, 0.717) is 6.54 Å². The molecule has 1 aromatic rings. The Balaban J connectivity index is 2.05. The highest BCUT2D eigenvalue weighted by Gasteiger charge is 2.16. The Morgan fingerprint density at radius 1 is 1.24 bits per heavy atom. The lowest BCUT2D eigenvalue weighted by molar-refractivity contribution is 0.529. The largest absolute Gasteiger partial charge is 0.383 e. The maximum absolute atomic E-state index is 8.97. The first-order chi connectivity index (χ1) is 8.11. The lowest BCUT2D eigenvalue weighted by Gasteiger charge is -2.20. The van der Waals surface area contributed by atoms with Crippen molar-refractivity contribution in [1.29, 1.82) is 5.26 Å². The zero-order valence-electron chi connectivity index (χ0n) is 10.7. The summed E-state index contributed by atoms with van der Waals surface area (Å²) >= 11 is 0. The third-order valence-electron chi connectivity index (χ3n) is 3.39. The van der Waals surface area contributed by atoms with E-state index < -0.39 is 0 Å². The van der Waals surface area contributed by atoms with Gasteiger partial charge >= 0.3 is 0 Å². The van der Waals surface area contributed by atoms with E-state index in [1.165, 1.54) is 36.8 Å². The molecule has 0 aromatic heterocycles. The van der Waals surface area contributed by atoms with Gasteiger partial charge in [-0.1, -0.05) is 6.07 Å². The molecular formula is C15H20N2. The highest BCUT2D eigenvalue weighted by molar-refractivity contribution is 5.49. The lowest BCUT2D eigenvalue weighted by atomic mass is 9.91. The molecule has 2 rings (SSSR count). The molecule has 0 saturated heterocycles. The van der Waals surface area contributed by atoms with Crippen LogP contribution in [0.4, 0.5) is 5.69 Å². The summed E-state index contributed by atoms with van der Waals surface area (Å²) in [5, 5.41) is 12.3. The number of fused-ring (bicyclic) bond motifs is 1. The Morgan fingerprint density at radius 3 is 2.65 bits per heavy atom. The summed E-state index contributed by atoms with van der Waals surface area (Å²) in [7, 11) is 0. The van der Waals surface area contributed by atoms with Gasteiger partial charge in [-0.3, -0.25) is 0 Å². The number of benzene rings is 1. The molecule has 90 valence electrons. The number of hydrogen-bond acceptors (Lipinski definition) is 2. The molecule has 0 unspecified atom stereocenters. The Morgan fingerprint density at radius 2 is 1.94 bits per heavy atom. The van der Waals surface area contributed by atoms with E-state index in [4.69, 9.17) is 5.26 Å². The van der Waals surface area contributed by atoms with Crippen molar-refractivity contribution in [3.05, 3.63) is 29.3 Å². The minimum atomic E-state index is -0.310. The molecule has 0 aliphatic heterocycles. The summed E-state index contributed by atoms with van der Waals surface area (Å²) in [6, 6.07) is 8.93. The zero-order chi connectivity index (χ0) is 12.3. The van der Waals surface area contributed by atoms with E-state index in [-0.39, 0.29) is 5.41 Å². The Bertz CT molecular complexity index is 441. The smallest absolute Gasteiger partial charge is 0.0702 e. The first-order valence-electron chi connectivity index (χ1n) is 6.38. The molecule has 0 amide bonds. The minimum Gasteiger partial charge on any atom is -0.383 e. The third kappa shape index (κ3) is 3.00. The fourth-order valence-corrected chi connectivity index (χ4v) is 2.21. The van der Waals surface area contributed by atoms with Crippen molar-refractivity contribution in [2.24, 2.45) is 5.41 Å². The van der Waals surface area contributed by atoms with Crippen LogP contribution in [0.15, 0.2) is 18.2 Å². The molecule has 1 aliphatic rings. The van der Waals surface area contributed by atoms with Crippen molar-refractivity contribution < 1.29 is 0 Å². The predicted molar refractivity (Wildman–Crippen MR) is 71.0 cm³/mol. The molecule has 1 aromatic carbocycles. The van der Waals surface area contributed by atoms with Crippen LogP contribution in [0.5, 0.6) is 0 Å². The molecule has 0 spiro atoms. The Kier molecular flexibility index (Phi) is 3.38. The summed E-state index contributed by atoms with van der Waals surface area (Å²) in [6.07, 6.45) is 5.05. The lowest BCUT2D eigenvalue weighted by Crippen LogP contribution is -2.21. The summed E-state index contributed by atoms with van der Waals surface area (Å²) < 4.78 is 0. The number of anilines is 1. The van der Waals surface area contributed by atoms with Crippen molar-refractivity contribution in [2.75, 3.05) is 11.9 Å². The first kappa shape index (κ1) is 12.0. The van der Waals surface area contributed by atoms with Crippen molar-refractivity contribution in [3.8, 4) is 6.07 Å². The van der Waals surface area contributed by atoms with Crippen molar-refractivity contribution >= 4 is 5.69 Å². The monoisotopic (exact) mass is 228 g/mol. The maximum Gasteiger partial charge on any atom is 0.0702 e. The van der Waals surface area contributed by atoms with Crippen LogP contribution in [0.2, 0.25) is 0 Å². The number of nitrogens with one attached hydrogen (secondary N) is 1. The van der Waals surface area contributed by atoms with Crippen LogP contribution >= 0.6 is 0 Å². The standard InChI is InChI=1S/C15H20N2/c1-15(2,10-16)11-17-14-8-7-12-5-3-4-6-13(12)9-14/h7-9,17H,3-6,11H2,1-2H3. The quantitative estimate of drug-likeness (QED) is 0.859. The van der Waals surface area contributed by atoms with Gasteiger partial charge in [0.2, 0.25) is 0 Å². The highest BCUT2D eigenvalue weighted by atomic mass is 14.9. The van der Waals surface area contributed by atoms with Crippen molar-refractivity contribution in [3.63, 3.8) is 0 Å².